The zero-order valence-corrected chi connectivity index (χ0v) is 11.1. The summed E-state index contributed by atoms with van der Waals surface area (Å²) in [5, 5.41) is 0. The molecule has 0 unspecified atom stereocenters. The molecule has 0 spiro atoms. The third-order valence-corrected chi connectivity index (χ3v) is 3.34. The summed E-state index contributed by atoms with van der Waals surface area (Å²) in [4.78, 5) is 12.4. The van der Waals surface area contributed by atoms with Crippen molar-refractivity contribution in [2.45, 2.75) is 19.3 Å². The second-order valence-electron chi connectivity index (χ2n) is 5.04. The molecule has 0 fully saturated rings. The Balaban J connectivity index is 2.49. The number of Topliss-reactive ketones (excluding diaryl/α,β-unsaturated/α-hetero) is 1. The maximum atomic E-state index is 13.7. The van der Waals surface area contributed by atoms with Crippen LogP contribution in [0.15, 0.2) is 42.5 Å². The van der Waals surface area contributed by atoms with Crippen LogP contribution >= 0.6 is 0 Å². The van der Waals surface area contributed by atoms with Crippen LogP contribution in [0.5, 0.6) is 0 Å². The summed E-state index contributed by atoms with van der Waals surface area (Å²) in [5.74, 6) is -4.98. The molecule has 0 aliphatic rings. The molecule has 2 rings (SSSR count). The van der Waals surface area contributed by atoms with Crippen LogP contribution in [-0.4, -0.2) is 5.78 Å². The van der Waals surface area contributed by atoms with Crippen LogP contribution in [0.4, 0.5) is 13.2 Å². The zero-order valence-electron chi connectivity index (χ0n) is 11.1. The Bertz CT molecular complexity index is 648. The highest BCUT2D eigenvalue weighted by atomic mass is 19.2. The van der Waals surface area contributed by atoms with Gasteiger partial charge >= 0.3 is 0 Å². The first-order chi connectivity index (χ1) is 9.35. The van der Waals surface area contributed by atoms with Gasteiger partial charge in [0.25, 0.3) is 0 Å². The SMILES string of the molecule is CC(C)(C(=O)c1ccc(F)c(F)c1F)c1ccccc1. The topological polar surface area (TPSA) is 17.1 Å². The van der Waals surface area contributed by atoms with Crippen LogP contribution in [0.1, 0.15) is 29.8 Å². The van der Waals surface area contributed by atoms with Gasteiger partial charge in [-0.2, -0.15) is 0 Å². The number of ketones is 1. The quantitative estimate of drug-likeness (QED) is 0.605. The van der Waals surface area contributed by atoms with E-state index >= 15 is 0 Å². The lowest BCUT2D eigenvalue weighted by molar-refractivity contribution is 0.0903. The van der Waals surface area contributed by atoms with Gasteiger partial charge in [-0.05, 0) is 31.5 Å². The largest absolute Gasteiger partial charge is 0.293 e. The fourth-order valence-corrected chi connectivity index (χ4v) is 2.02. The smallest absolute Gasteiger partial charge is 0.195 e. The van der Waals surface area contributed by atoms with Crippen LogP contribution in [-0.2, 0) is 5.41 Å². The summed E-state index contributed by atoms with van der Waals surface area (Å²) in [6.45, 7) is 3.23. The minimum Gasteiger partial charge on any atom is -0.293 e. The molecule has 2 aromatic carbocycles. The third kappa shape index (κ3) is 2.33. The normalized spacial score (nSPS) is 11.4. The molecule has 0 N–H and O–H groups in total. The van der Waals surface area contributed by atoms with Gasteiger partial charge in [-0.3, -0.25) is 4.79 Å². The maximum absolute atomic E-state index is 13.7. The molecule has 1 nitrogen and oxygen atoms in total. The Morgan fingerprint density at radius 2 is 1.50 bits per heavy atom. The number of benzene rings is 2. The van der Waals surface area contributed by atoms with E-state index in [1.807, 2.05) is 0 Å². The lowest BCUT2D eigenvalue weighted by Crippen LogP contribution is -2.30. The number of hydrogen-bond donors (Lipinski definition) is 0. The fraction of sp³-hybridized carbons (Fsp3) is 0.188. The molecular formula is C16H13F3O. The molecule has 20 heavy (non-hydrogen) atoms. The van der Waals surface area contributed by atoms with Crippen molar-refractivity contribution >= 4 is 5.78 Å². The predicted molar refractivity (Wildman–Crippen MR) is 70.1 cm³/mol. The maximum Gasteiger partial charge on any atom is 0.195 e. The molecule has 0 radical (unpaired) electrons. The lowest BCUT2D eigenvalue weighted by atomic mass is 9.78. The molecule has 104 valence electrons. The third-order valence-electron chi connectivity index (χ3n) is 3.34. The minimum absolute atomic E-state index is 0.447. The highest BCUT2D eigenvalue weighted by Crippen LogP contribution is 2.29. The predicted octanol–water partition coefficient (Wildman–Crippen LogP) is 4.26. The van der Waals surface area contributed by atoms with Gasteiger partial charge in [0.05, 0.1) is 11.0 Å². The molecule has 0 aliphatic carbocycles. The van der Waals surface area contributed by atoms with Crippen molar-refractivity contribution < 1.29 is 18.0 Å². The van der Waals surface area contributed by atoms with Crippen LogP contribution in [0.2, 0.25) is 0 Å². The summed E-state index contributed by atoms with van der Waals surface area (Å²) in [5.41, 5.74) is -0.807. The first kappa shape index (κ1) is 14.3. The van der Waals surface area contributed by atoms with Gasteiger partial charge in [0.15, 0.2) is 23.2 Å². The Morgan fingerprint density at radius 3 is 2.10 bits per heavy atom. The van der Waals surface area contributed by atoms with E-state index in [-0.39, 0.29) is 0 Å². The van der Waals surface area contributed by atoms with E-state index in [1.165, 1.54) is 0 Å². The van der Waals surface area contributed by atoms with Crippen LogP contribution in [0, 0.1) is 17.5 Å². The van der Waals surface area contributed by atoms with Crippen molar-refractivity contribution in [2.75, 3.05) is 0 Å². The molecule has 2 aromatic rings. The molecule has 0 saturated heterocycles. The van der Waals surface area contributed by atoms with E-state index in [2.05, 4.69) is 0 Å². The summed E-state index contributed by atoms with van der Waals surface area (Å²) >= 11 is 0. The summed E-state index contributed by atoms with van der Waals surface area (Å²) in [6, 6.07) is 10.5. The average molecular weight is 278 g/mol. The van der Waals surface area contributed by atoms with Gasteiger partial charge in [-0.25, -0.2) is 13.2 Å². The molecule has 0 bridgehead atoms. The van der Waals surface area contributed by atoms with Gasteiger partial charge in [-0.15, -0.1) is 0 Å². The molecule has 4 heteroatoms. The van der Waals surface area contributed by atoms with E-state index in [4.69, 9.17) is 0 Å². The Morgan fingerprint density at radius 1 is 0.900 bits per heavy atom. The lowest BCUT2D eigenvalue weighted by Gasteiger charge is -2.24. The number of carbonyl (C=O) groups excluding carboxylic acids is 1. The van der Waals surface area contributed by atoms with Gasteiger partial charge in [0.2, 0.25) is 0 Å². The molecule has 0 amide bonds. The number of halogens is 3. The molecular weight excluding hydrogens is 265 g/mol. The zero-order chi connectivity index (χ0) is 14.9. The highest BCUT2D eigenvalue weighted by Gasteiger charge is 2.33. The summed E-state index contributed by atoms with van der Waals surface area (Å²) in [6.07, 6.45) is 0. The van der Waals surface area contributed by atoms with Gasteiger partial charge in [-0.1, -0.05) is 30.3 Å². The molecule has 0 atom stereocenters. The Labute approximate surface area is 115 Å². The highest BCUT2D eigenvalue weighted by molar-refractivity contribution is 6.03. The van der Waals surface area contributed by atoms with E-state index in [1.54, 1.807) is 44.2 Å². The molecule has 0 heterocycles. The number of rotatable bonds is 3. The van der Waals surface area contributed by atoms with Crippen molar-refractivity contribution in [2.24, 2.45) is 0 Å². The van der Waals surface area contributed by atoms with Crippen molar-refractivity contribution in [3.63, 3.8) is 0 Å². The van der Waals surface area contributed by atoms with E-state index < -0.39 is 34.2 Å². The van der Waals surface area contributed by atoms with Crippen molar-refractivity contribution in [1.82, 2.24) is 0 Å². The molecule has 0 saturated carbocycles. The first-order valence-electron chi connectivity index (χ1n) is 6.09. The summed E-state index contributed by atoms with van der Waals surface area (Å²) in [7, 11) is 0. The Hall–Kier alpha value is -2.10. The first-order valence-corrected chi connectivity index (χ1v) is 6.09. The molecule has 0 aliphatic heterocycles. The van der Waals surface area contributed by atoms with Crippen LogP contribution in [0.3, 0.4) is 0 Å². The van der Waals surface area contributed by atoms with Crippen molar-refractivity contribution in [3.05, 3.63) is 71.0 Å². The van der Waals surface area contributed by atoms with E-state index in [0.717, 1.165) is 12.1 Å². The fourth-order valence-electron chi connectivity index (χ4n) is 2.02. The van der Waals surface area contributed by atoms with Crippen molar-refractivity contribution in [3.8, 4) is 0 Å². The van der Waals surface area contributed by atoms with Gasteiger partial charge in [0.1, 0.15) is 0 Å². The van der Waals surface area contributed by atoms with Gasteiger partial charge in [0, 0.05) is 0 Å². The van der Waals surface area contributed by atoms with Crippen molar-refractivity contribution in [1.29, 1.82) is 0 Å². The Kier molecular flexibility index (Phi) is 3.66. The van der Waals surface area contributed by atoms with Crippen LogP contribution < -0.4 is 0 Å². The average Bonchev–Trinajstić information content (AvgIpc) is 2.45. The van der Waals surface area contributed by atoms with Crippen LogP contribution in [0.25, 0.3) is 0 Å². The number of hydrogen-bond acceptors (Lipinski definition) is 1. The standard InChI is InChI=1S/C16H13F3O/c1-16(2,10-6-4-3-5-7-10)15(20)11-8-9-12(17)14(19)13(11)18/h3-9H,1-2H3. The minimum atomic E-state index is -1.63. The van der Waals surface area contributed by atoms with Gasteiger partial charge < -0.3 is 0 Å². The summed E-state index contributed by atoms with van der Waals surface area (Å²) < 4.78 is 39.9. The monoisotopic (exact) mass is 278 g/mol. The van der Waals surface area contributed by atoms with E-state index in [0.29, 0.717) is 5.56 Å². The molecule has 0 aromatic heterocycles. The second-order valence-corrected chi connectivity index (χ2v) is 5.04. The second kappa shape index (κ2) is 5.12. The number of carbonyl (C=O) groups is 1. The van der Waals surface area contributed by atoms with E-state index in [9.17, 15) is 18.0 Å².